The fraction of sp³-hybridized carbons (Fsp3) is 0.217. The highest BCUT2D eigenvalue weighted by atomic mass is 31.1. The lowest BCUT2D eigenvalue weighted by atomic mass is 10.1. The van der Waals surface area contributed by atoms with Crippen LogP contribution >= 0.6 is 7.92 Å². The zero-order valence-electron chi connectivity index (χ0n) is 14.3. The summed E-state index contributed by atoms with van der Waals surface area (Å²) in [5, 5.41) is 3.30. The van der Waals surface area contributed by atoms with E-state index in [1.807, 2.05) is 0 Å². The van der Waals surface area contributed by atoms with Gasteiger partial charge in [0, 0.05) is 5.16 Å². The number of rotatable bonds is 4. The summed E-state index contributed by atoms with van der Waals surface area (Å²) in [6, 6.07) is 33.3. The fourth-order valence-electron chi connectivity index (χ4n) is 4.20. The molecule has 0 aromatic heterocycles. The Labute approximate surface area is 146 Å². The van der Waals surface area contributed by atoms with Gasteiger partial charge in [-0.1, -0.05) is 105 Å². The molecule has 0 radical (unpaired) electrons. The van der Waals surface area contributed by atoms with Gasteiger partial charge in [0.05, 0.1) is 0 Å². The maximum Gasteiger partial charge on any atom is 0.00606 e. The lowest BCUT2D eigenvalue weighted by Gasteiger charge is -2.27. The molecule has 3 aromatic rings. The van der Waals surface area contributed by atoms with E-state index in [0.29, 0.717) is 17.0 Å². The maximum atomic E-state index is 2.50. The maximum absolute atomic E-state index is 2.50. The van der Waals surface area contributed by atoms with Crippen LogP contribution < -0.4 is 10.6 Å². The third-order valence-corrected chi connectivity index (χ3v) is 8.89. The monoisotopic (exact) mass is 330 g/mol. The van der Waals surface area contributed by atoms with Crippen molar-refractivity contribution in [3.8, 4) is 0 Å². The van der Waals surface area contributed by atoms with Crippen molar-refractivity contribution in [2.45, 2.75) is 24.9 Å². The number of hydrogen-bond acceptors (Lipinski definition) is 0. The van der Waals surface area contributed by atoms with Gasteiger partial charge in [-0.25, -0.2) is 0 Å². The Morgan fingerprint density at radius 1 is 0.667 bits per heavy atom. The zero-order valence-corrected chi connectivity index (χ0v) is 15.2. The van der Waals surface area contributed by atoms with E-state index in [-0.39, 0.29) is 7.92 Å². The Hall–Kier alpha value is -1.91. The molecule has 1 heteroatoms. The van der Waals surface area contributed by atoms with Gasteiger partial charge in [0.1, 0.15) is 0 Å². The van der Waals surface area contributed by atoms with Gasteiger partial charge in [-0.2, -0.15) is 0 Å². The van der Waals surface area contributed by atoms with Crippen LogP contribution in [0.4, 0.5) is 0 Å². The second-order valence-corrected chi connectivity index (χ2v) is 9.58. The average molecular weight is 330 g/mol. The average Bonchev–Trinajstić information content (AvgIpc) is 3.19. The first-order valence-electron chi connectivity index (χ1n) is 8.68. The van der Waals surface area contributed by atoms with E-state index < -0.39 is 0 Å². The lowest BCUT2D eigenvalue weighted by Crippen LogP contribution is -2.23. The molecule has 4 rings (SSSR count). The fourth-order valence-corrected chi connectivity index (χ4v) is 7.68. The standard InChI is InChI=1S/C23H23P/c1-18-22(19-12-6-3-7-13-19)23(18,2)24(20-14-8-4-9-15-20)21-16-10-5-11-17-21/h3-18,22H,1-2H3/t18?,22-,23?/m0/s1. The molecule has 0 heterocycles. The van der Waals surface area contributed by atoms with Gasteiger partial charge in [-0.05, 0) is 35.9 Å². The largest absolute Gasteiger partial charge is 0.0622 e. The van der Waals surface area contributed by atoms with Gasteiger partial charge in [0.25, 0.3) is 0 Å². The second-order valence-electron chi connectivity index (χ2n) is 6.91. The molecular weight excluding hydrogens is 307 g/mol. The van der Waals surface area contributed by atoms with Crippen LogP contribution in [0, 0.1) is 5.92 Å². The molecule has 0 amide bonds. The molecular formula is C23H23P. The highest BCUT2D eigenvalue weighted by Crippen LogP contribution is 2.73. The van der Waals surface area contributed by atoms with Crippen LogP contribution in [0.2, 0.25) is 0 Å². The summed E-state index contributed by atoms with van der Waals surface area (Å²) in [6.45, 7) is 4.93. The van der Waals surface area contributed by atoms with Crippen LogP contribution in [0.15, 0.2) is 91.0 Å². The third kappa shape index (κ3) is 2.50. The van der Waals surface area contributed by atoms with Gasteiger partial charge < -0.3 is 0 Å². The first-order valence-corrected chi connectivity index (χ1v) is 10.0. The van der Waals surface area contributed by atoms with Gasteiger partial charge in [-0.15, -0.1) is 0 Å². The minimum atomic E-state index is -0.383. The van der Waals surface area contributed by atoms with E-state index in [0.717, 1.165) is 0 Å². The summed E-state index contributed by atoms with van der Waals surface area (Å²) in [6.07, 6.45) is 0. The summed E-state index contributed by atoms with van der Waals surface area (Å²) in [4.78, 5) is 0. The van der Waals surface area contributed by atoms with Crippen molar-refractivity contribution in [1.29, 1.82) is 0 Å². The molecule has 3 aromatic carbocycles. The quantitative estimate of drug-likeness (QED) is 0.569. The number of benzene rings is 3. The molecule has 0 spiro atoms. The molecule has 0 nitrogen and oxygen atoms in total. The normalized spacial score (nSPS) is 25.6. The van der Waals surface area contributed by atoms with Crippen molar-refractivity contribution >= 4 is 18.5 Å². The second kappa shape index (κ2) is 6.19. The van der Waals surface area contributed by atoms with E-state index in [4.69, 9.17) is 0 Å². The van der Waals surface area contributed by atoms with Gasteiger partial charge >= 0.3 is 0 Å². The molecule has 2 unspecified atom stereocenters. The van der Waals surface area contributed by atoms with Gasteiger partial charge in [0.2, 0.25) is 0 Å². The topological polar surface area (TPSA) is 0 Å². The Morgan fingerprint density at radius 2 is 1.08 bits per heavy atom. The Morgan fingerprint density at radius 3 is 1.54 bits per heavy atom. The first kappa shape index (κ1) is 15.6. The van der Waals surface area contributed by atoms with Crippen LogP contribution in [-0.4, -0.2) is 5.16 Å². The molecule has 3 atom stereocenters. The van der Waals surface area contributed by atoms with Crippen LogP contribution in [-0.2, 0) is 0 Å². The van der Waals surface area contributed by atoms with Crippen LogP contribution in [0.3, 0.4) is 0 Å². The predicted octanol–water partition coefficient (Wildman–Crippen LogP) is 5.31. The molecule has 24 heavy (non-hydrogen) atoms. The SMILES string of the molecule is CC1[C@@H](c2ccccc2)C1(C)P(c1ccccc1)c1ccccc1. The number of hydrogen-bond donors (Lipinski definition) is 0. The van der Waals surface area contributed by atoms with Gasteiger partial charge in [0.15, 0.2) is 0 Å². The summed E-state index contributed by atoms with van der Waals surface area (Å²) < 4.78 is 0. The summed E-state index contributed by atoms with van der Waals surface area (Å²) in [7, 11) is -0.383. The van der Waals surface area contributed by atoms with Crippen molar-refractivity contribution < 1.29 is 0 Å². The summed E-state index contributed by atoms with van der Waals surface area (Å²) in [5.41, 5.74) is 1.49. The Kier molecular flexibility index (Phi) is 4.02. The molecule has 0 aliphatic heterocycles. The van der Waals surface area contributed by atoms with Crippen molar-refractivity contribution in [3.05, 3.63) is 96.6 Å². The predicted molar refractivity (Wildman–Crippen MR) is 106 cm³/mol. The minimum absolute atomic E-state index is 0.319. The molecule has 1 aliphatic carbocycles. The Bertz CT molecular complexity index is 758. The third-order valence-electron chi connectivity index (χ3n) is 5.61. The zero-order chi connectivity index (χ0) is 16.6. The van der Waals surface area contributed by atoms with E-state index in [1.54, 1.807) is 0 Å². The summed E-state index contributed by atoms with van der Waals surface area (Å²) in [5.74, 6) is 1.34. The smallest absolute Gasteiger partial charge is 0.00606 e. The van der Waals surface area contributed by atoms with E-state index >= 15 is 0 Å². The molecule has 1 aliphatic rings. The molecule has 1 saturated carbocycles. The highest BCUT2D eigenvalue weighted by molar-refractivity contribution is 7.74. The molecule has 1 fully saturated rings. The van der Waals surface area contributed by atoms with Gasteiger partial charge in [-0.3, -0.25) is 0 Å². The molecule has 0 bridgehead atoms. The van der Waals surface area contributed by atoms with Crippen molar-refractivity contribution in [1.82, 2.24) is 0 Å². The highest BCUT2D eigenvalue weighted by Gasteiger charge is 2.63. The van der Waals surface area contributed by atoms with E-state index in [2.05, 4.69) is 105 Å². The van der Waals surface area contributed by atoms with Crippen molar-refractivity contribution in [2.24, 2.45) is 5.92 Å². The molecule has 0 saturated heterocycles. The van der Waals surface area contributed by atoms with E-state index in [1.165, 1.54) is 16.2 Å². The van der Waals surface area contributed by atoms with Crippen molar-refractivity contribution in [3.63, 3.8) is 0 Å². The Balaban J connectivity index is 1.80. The molecule has 0 N–H and O–H groups in total. The van der Waals surface area contributed by atoms with Crippen LogP contribution in [0.1, 0.15) is 25.3 Å². The lowest BCUT2D eigenvalue weighted by molar-refractivity contribution is 0.868. The summed E-state index contributed by atoms with van der Waals surface area (Å²) >= 11 is 0. The van der Waals surface area contributed by atoms with Crippen LogP contribution in [0.25, 0.3) is 0 Å². The molecule has 120 valence electrons. The first-order chi connectivity index (χ1) is 11.7. The van der Waals surface area contributed by atoms with Crippen LogP contribution in [0.5, 0.6) is 0 Å². The van der Waals surface area contributed by atoms with Crippen molar-refractivity contribution in [2.75, 3.05) is 0 Å². The van der Waals surface area contributed by atoms with E-state index in [9.17, 15) is 0 Å². The minimum Gasteiger partial charge on any atom is -0.0622 e.